The molecule has 4 nitrogen and oxygen atoms in total. The van der Waals surface area contributed by atoms with Gasteiger partial charge in [0.15, 0.2) is 0 Å². The summed E-state index contributed by atoms with van der Waals surface area (Å²) < 4.78 is 0. The number of nitrogens with one attached hydrogen (secondary N) is 1. The summed E-state index contributed by atoms with van der Waals surface area (Å²) >= 11 is 0. The molecule has 0 aliphatic carbocycles. The van der Waals surface area contributed by atoms with E-state index in [1.165, 1.54) is 5.56 Å². The number of rotatable bonds is 8. The van der Waals surface area contributed by atoms with E-state index in [1.807, 2.05) is 44.2 Å². The average Bonchev–Trinajstić information content (AvgIpc) is 2.65. The standard InChI is InChI=1S/C22H28N2O2/c1-4-16-24(18(3)22(26)23-20-8-6-5-7-9-20)21(25)15-14-19-12-10-17(2)11-13-19/h5-13,18H,4,14-16H2,1-3H3,(H,23,26). The van der Waals surface area contributed by atoms with Crippen LogP contribution in [0.1, 0.15) is 37.8 Å². The van der Waals surface area contributed by atoms with E-state index >= 15 is 0 Å². The van der Waals surface area contributed by atoms with Crippen LogP contribution in [0, 0.1) is 6.92 Å². The average molecular weight is 352 g/mol. The van der Waals surface area contributed by atoms with E-state index in [-0.39, 0.29) is 11.8 Å². The quantitative estimate of drug-likeness (QED) is 0.774. The van der Waals surface area contributed by atoms with Crippen LogP contribution in [-0.2, 0) is 16.0 Å². The van der Waals surface area contributed by atoms with Crippen molar-refractivity contribution in [3.8, 4) is 0 Å². The number of para-hydroxylation sites is 1. The van der Waals surface area contributed by atoms with Crippen molar-refractivity contribution < 1.29 is 9.59 Å². The normalized spacial score (nSPS) is 11.7. The predicted molar refractivity (Wildman–Crippen MR) is 106 cm³/mol. The van der Waals surface area contributed by atoms with Crippen LogP contribution in [0.3, 0.4) is 0 Å². The highest BCUT2D eigenvalue weighted by atomic mass is 16.2. The molecule has 2 amide bonds. The Labute approximate surface area is 156 Å². The van der Waals surface area contributed by atoms with E-state index < -0.39 is 6.04 Å². The minimum atomic E-state index is -0.499. The first kappa shape index (κ1) is 19.7. The molecule has 2 aromatic carbocycles. The van der Waals surface area contributed by atoms with Crippen molar-refractivity contribution in [1.29, 1.82) is 0 Å². The van der Waals surface area contributed by atoms with E-state index in [4.69, 9.17) is 0 Å². The third kappa shape index (κ3) is 5.73. The smallest absolute Gasteiger partial charge is 0.246 e. The molecular formula is C22H28N2O2. The van der Waals surface area contributed by atoms with Gasteiger partial charge in [-0.3, -0.25) is 9.59 Å². The maximum absolute atomic E-state index is 12.7. The molecule has 2 aromatic rings. The van der Waals surface area contributed by atoms with E-state index in [0.29, 0.717) is 19.4 Å². The highest BCUT2D eigenvalue weighted by Crippen LogP contribution is 2.12. The first-order chi connectivity index (χ1) is 12.5. The minimum Gasteiger partial charge on any atom is -0.331 e. The Morgan fingerprint density at radius 3 is 2.31 bits per heavy atom. The van der Waals surface area contributed by atoms with Crippen LogP contribution in [0.2, 0.25) is 0 Å². The number of carbonyl (C=O) groups excluding carboxylic acids is 2. The van der Waals surface area contributed by atoms with Crippen LogP contribution >= 0.6 is 0 Å². The highest BCUT2D eigenvalue weighted by Gasteiger charge is 2.25. The number of anilines is 1. The zero-order chi connectivity index (χ0) is 18.9. The Morgan fingerprint density at radius 2 is 1.69 bits per heavy atom. The SMILES string of the molecule is CCCN(C(=O)CCc1ccc(C)cc1)C(C)C(=O)Nc1ccccc1. The van der Waals surface area contributed by atoms with Gasteiger partial charge in [0.1, 0.15) is 6.04 Å². The van der Waals surface area contributed by atoms with Gasteiger partial charge in [-0.15, -0.1) is 0 Å². The van der Waals surface area contributed by atoms with Crippen LogP contribution in [0.25, 0.3) is 0 Å². The van der Waals surface area contributed by atoms with Crippen LogP contribution in [0.5, 0.6) is 0 Å². The third-order valence-corrected chi connectivity index (χ3v) is 4.42. The van der Waals surface area contributed by atoms with Gasteiger partial charge in [0.05, 0.1) is 0 Å². The molecular weight excluding hydrogens is 324 g/mol. The molecule has 1 N–H and O–H groups in total. The lowest BCUT2D eigenvalue weighted by Gasteiger charge is -2.28. The number of amides is 2. The topological polar surface area (TPSA) is 49.4 Å². The van der Waals surface area contributed by atoms with Gasteiger partial charge in [-0.2, -0.15) is 0 Å². The molecule has 0 aliphatic heterocycles. The van der Waals surface area contributed by atoms with Crippen molar-refractivity contribution in [2.24, 2.45) is 0 Å². The van der Waals surface area contributed by atoms with Crippen LogP contribution in [0.15, 0.2) is 54.6 Å². The second-order valence-corrected chi connectivity index (χ2v) is 6.60. The van der Waals surface area contributed by atoms with Gasteiger partial charge < -0.3 is 10.2 Å². The maximum Gasteiger partial charge on any atom is 0.246 e. The van der Waals surface area contributed by atoms with Crippen molar-refractivity contribution in [3.05, 3.63) is 65.7 Å². The zero-order valence-corrected chi connectivity index (χ0v) is 15.9. The molecule has 0 saturated heterocycles. The number of nitrogens with zero attached hydrogens (tertiary/aromatic N) is 1. The largest absolute Gasteiger partial charge is 0.331 e. The number of benzene rings is 2. The number of hydrogen-bond donors (Lipinski definition) is 1. The van der Waals surface area contributed by atoms with Crippen LogP contribution in [-0.4, -0.2) is 29.3 Å². The molecule has 0 spiro atoms. The van der Waals surface area contributed by atoms with E-state index in [1.54, 1.807) is 11.8 Å². The molecule has 138 valence electrons. The molecule has 0 heterocycles. The number of carbonyl (C=O) groups is 2. The van der Waals surface area contributed by atoms with Gasteiger partial charge in [-0.25, -0.2) is 0 Å². The summed E-state index contributed by atoms with van der Waals surface area (Å²) in [5.41, 5.74) is 3.09. The van der Waals surface area contributed by atoms with Gasteiger partial charge in [0, 0.05) is 18.7 Å². The molecule has 1 atom stereocenters. The van der Waals surface area contributed by atoms with Gasteiger partial charge >= 0.3 is 0 Å². The number of hydrogen-bond acceptors (Lipinski definition) is 2. The first-order valence-electron chi connectivity index (χ1n) is 9.22. The summed E-state index contributed by atoms with van der Waals surface area (Å²) in [4.78, 5) is 26.9. The fourth-order valence-corrected chi connectivity index (χ4v) is 2.83. The van der Waals surface area contributed by atoms with Gasteiger partial charge in [0.2, 0.25) is 11.8 Å². The van der Waals surface area contributed by atoms with Gasteiger partial charge in [-0.1, -0.05) is 55.0 Å². The van der Waals surface area contributed by atoms with Crippen molar-refractivity contribution in [3.63, 3.8) is 0 Å². The second kappa shape index (κ2) is 9.76. The molecule has 4 heteroatoms. The van der Waals surface area contributed by atoms with E-state index in [2.05, 4.69) is 29.6 Å². The van der Waals surface area contributed by atoms with Gasteiger partial charge in [-0.05, 0) is 44.4 Å². The van der Waals surface area contributed by atoms with E-state index in [0.717, 1.165) is 17.7 Å². The lowest BCUT2D eigenvalue weighted by atomic mass is 10.1. The fraction of sp³-hybridized carbons (Fsp3) is 0.364. The highest BCUT2D eigenvalue weighted by molar-refractivity contribution is 5.96. The molecule has 0 aliphatic rings. The van der Waals surface area contributed by atoms with Crippen molar-refractivity contribution in [2.45, 2.75) is 46.1 Å². The van der Waals surface area contributed by atoms with Crippen molar-refractivity contribution in [2.75, 3.05) is 11.9 Å². The van der Waals surface area contributed by atoms with E-state index in [9.17, 15) is 9.59 Å². The summed E-state index contributed by atoms with van der Waals surface area (Å²) in [7, 11) is 0. The molecule has 0 radical (unpaired) electrons. The number of aryl methyl sites for hydroxylation is 2. The zero-order valence-electron chi connectivity index (χ0n) is 15.9. The Morgan fingerprint density at radius 1 is 1.04 bits per heavy atom. The fourth-order valence-electron chi connectivity index (χ4n) is 2.83. The molecule has 26 heavy (non-hydrogen) atoms. The maximum atomic E-state index is 12.7. The molecule has 2 rings (SSSR count). The van der Waals surface area contributed by atoms with Crippen LogP contribution in [0.4, 0.5) is 5.69 Å². The summed E-state index contributed by atoms with van der Waals surface area (Å²) in [6, 6.07) is 17.0. The molecule has 0 bridgehead atoms. The predicted octanol–water partition coefficient (Wildman–Crippen LogP) is 4.19. The second-order valence-electron chi connectivity index (χ2n) is 6.60. The molecule has 0 fully saturated rings. The monoisotopic (exact) mass is 352 g/mol. The van der Waals surface area contributed by atoms with Crippen molar-refractivity contribution in [1.82, 2.24) is 4.90 Å². The summed E-state index contributed by atoms with van der Waals surface area (Å²) in [5.74, 6) is -0.142. The Kier molecular flexibility index (Phi) is 7.39. The summed E-state index contributed by atoms with van der Waals surface area (Å²) in [6.45, 7) is 6.43. The lowest BCUT2D eigenvalue weighted by molar-refractivity contribution is -0.138. The molecule has 0 aromatic heterocycles. The Bertz CT molecular complexity index is 711. The molecule has 1 unspecified atom stereocenters. The first-order valence-corrected chi connectivity index (χ1v) is 9.22. The van der Waals surface area contributed by atoms with Gasteiger partial charge in [0.25, 0.3) is 0 Å². The summed E-state index contributed by atoms with van der Waals surface area (Å²) in [5, 5.41) is 2.88. The van der Waals surface area contributed by atoms with Crippen molar-refractivity contribution >= 4 is 17.5 Å². The third-order valence-electron chi connectivity index (χ3n) is 4.42. The Hall–Kier alpha value is -2.62. The summed E-state index contributed by atoms with van der Waals surface area (Å²) in [6.07, 6.45) is 1.91. The minimum absolute atomic E-state index is 0.0168. The lowest BCUT2D eigenvalue weighted by Crippen LogP contribution is -2.46. The molecule has 0 saturated carbocycles. The Balaban J connectivity index is 1.97. The van der Waals surface area contributed by atoms with Crippen LogP contribution < -0.4 is 5.32 Å².